The molecule has 2 N–H and O–H groups in total. The minimum atomic E-state index is 0.130. The number of phenols is 1. The summed E-state index contributed by atoms with van der Waals surface area (Å²) in [7, 11) is 2.15. The number of fused-ring (bicyclic) bond motifs is 2. The van der Waals surface area contributed by atoms with E-state index in [-0.39, 0.29) is 12.0 Å². The fourth-order valence-corrected chi connectivity index (χ4v) is 6.45. The van der Waals surface area contributed by atoms with Crippen LogP contribution >= 0.6 is 0 Å². The third-order valence-corrected chi connectivity index (χ3v) is 8.52. The number of piperazine rings is 1. The van der Waals surface area contributed by atoms with E-state index in [1.54, 1.807) is 0 Å². The van der Waals surface area contributed by atoms with Gasteiger partial charge in [0.15, 0.2) is 0 Å². The van der Waals surface area contributed by atoms with E-state index in [2.05, 4.69) is 46.4 Å². The number of phenolic OH excluding ortho intramolecular Hbond substituents is 1. The van der Waals surface area contributed by atoms with Gasteiger partial charge in [0.05, 0.1) is 18.2 Å². The summed E-state index contributed by atoms with van der Waals surface area (Å²) in [4.78, 5) is 14.6. The van der Waals surface area contributed by atoms with Gasteiger partial charge in [-0.25, -0.2) is 0 Å². The first kappa shape index (κ1) is 24.9. The zero-order valence-electron chi connectivity index (χ0n) is 22.1. The van der Waals surface area contributed by atoms with Crippen LogP contribution < -0.4 is 15.0 Å². The highest BCUT2D eigenvalue weighted by molar-refractivity contribution is 5.87. The number of nitriles is 1. The molecule has 1 aromatic heterocycles. The molecule has 3 atom stereocenters. The zero-order valence-corrected chi connectivity index (χ0v) is 22.1. The highest BCUT2D eigenvalue weighted by Gasteiger charge is 2.31. The van der Waals surface area contributed by atoms with Gasteiger partial charge in [0, 0.05) is 37.3 Å². The van der Waals surface area contributed by atoms with Crippen molar-refractivity contribution in [3.63, 3.8) is 0 Å². The van der Waals surface area contributed by atoms with Crippen LogP contribution in [0.2, 0.25) is 0 Å². The smallest absolute Gasteiger partial charge is 0.318 e. The van der Waals surface area contributed by atoms with Gasteiger partial charge in [-0.15, -0.1) is 0 Å². The fourth-order valence-electron chi connectivity index (χ4n) is 6.45. The predicted molar refractivity (Wildman–Crippen MR) is 148 cm³/mol. The van der Waals surface area contributed by atoms with E-state index in [1.807, 2.05) is 18.2 Å². The van der Waals surface area contributed by atoms with Gasteiger partial charge in [-0.2, -0.15) is 15.2 Å². The largest absolute Gasteiger partial charge is 0.508 e. The van der Waals surface area contributed by atoms with E-state index < -0.39 is 0 Å². The van der Waals surface area contributed by atoms with Crippen molar-refractivity contribution in [3.05, 3.63) is 53.2 Å². The van der Waals surface area contributed by atoms with Crippen LogP contribution in [0, 0.1) is 11.3 Å². The quantitative estimate of drug-likeness (QED) is 0.515. The molecule has 0 spiro atoms. The van der Waals surface area contributed by atoms with Gasteiger partial charge in [0.25, 0.3) is 0 Å². The summed E-state index contributed by atoms with van der Waals surface area (Å²) in [5.74, 6) is 1.53. The van der Waals surface area contributed by atoms with E-state index in [9.17, 15) is 10.4 Å². The first-order chi connectivity index (χ1) is 18.6. The number of likely N-dealkylation sites (tertiary alicyclic amines) is 1. The van der Waals surface area contributed by atoms with E-state index in [1.165, 1.54) is 22.9 Å². The number of hydrogen-bond acceptors (Lipinski definition) is 8. The Labute approximate surface area is 224 Å². The SMILES string of the molecule is CN1CCC[C@H]1COc1nc2c(c(N3CCNC(CC#N)C3)n1)CCC(c1cc(O)cc3ccccc13)C2. The van der Waals surface area contributed by atoms with E-state index in [4.69, 9.17) is 14.7 Å². The molecule has 6 rings (SSSR count). The monoisotopic (exact) mass is 512 g/mol. The molecule has 0 bridgehead atoms. The molecule has 3 heterocycles. The lowest BCUT2D eigenvalue weighted by Crippen LogP contribution is -2.51. The van der Waals surface area contributed by atoms with Crippen molar-refractivity contribution < 1.29 is 9.84 Å². The Morgan fingerprint density at radius 3 is 2.92 bits per heavy atom. The number of benzene rings is 2. The molecule has 3 aliphatic rings. The summed E-state index contributed by atoms with van der Waals surface area (Å²) < 4.78 is 6.26. The molecule has 3 aromatic rings. The number of likely N-dealkylation sites (N-methyl/N-ethyl adjacent to an activating group) is 1. The molecule has 0 radical (unpaired) electrons. The third-order valence-electron chi connectivity index (χ3n) is 8.52. The minimum Gasteiger partial charge on any atom is -0.508 e. The summed E-state index contributed by atoms with van der Waals surface area (Å²) >= 11 is 0. The average Bonchev–Trinajstić information content (AvgIpc) is 3.35. The Morgan fingerprint density at radius 1 is 1.18 bits per heavy atom. The van der Waals surface area contributed by atoms with Crippen LogP contribution in [0.4, 0.5) is 5.82 Å². The van der Waals surface area contributed by atoms with Gasteiger partial charge in [-0.3, -0.25) is 0 Å². The number of nitrogens with one attached hydrogen (secondary N) is 1. The Hall–Kier alpha value is -3.41. The number of anilines is 1. The third kappa shape index (κ3) is 5.01. The summed E-state index contributed by atoms with van der Waals surface area (Å²) in [6.07, 6.45) is 5.44. The lowest BCUT2D eigenvalue weighted by molar-refractivity contribution is 0.187. The molecule has 2 saturated heterocycles. The van der Waals surface area contributed by atoms with Crippen molar-refractivity contribution in [1.29, 1.82) is 5.26 Å². The maximum absolute atomic E-state index is 10.5. The summed E-state index contributed by atoms with van der Waals surface area (Å²) in [6.45, 7) is 4.12. The van der Waals surface area contributed by atoms with E-state index in [0.29, 0.717) is 30.8 Å². The van der Waals surface area contributed by atoms with Crippen LogP contribution in [0.1, 0.15) is 48.4 Å². The average molecular weight is 513 g/mol. The Morgan fingerprint density at radius 2 is 2.08 bits per heavy atom. The van der Waals surface area contributed by atoms with Gasteiger partial charge in [-0.05, 0) is 80.1 Å². The lowest BCUT2D eigenvalue weighted by atomic mass is 9.80. The number of nitrogens with zero attached hydrogens (tertiary/aromatic N) is 5. The highest BCUT2D eigenvalue weighted by atomic mass is 16.5. The van der Waals surface area contributed by atoms with Crippen molar-refractivity contribution in [1.82, 2.24) is 20.2 Å². The molecule has 2 aromatic carbocycles. The second-order valence-electron chi connectivity index (χ2n) is 11.0. The zero-order chi connectivity index (χ0) is 26.1. The van der Waals surface area contributed by atoms with Gasteiger partial charge >= 0.3 is 6.01 Å². The van der Waals surface area contributed by atoms with Crippen molar-refractivity contribution >= 4 is 16.6 Å². The van der Waals surface area contributed by atoms with Crippen molar-refractivity contribution in [2.45, 2.75) is 56.5 Å². The molecule has 0 amide bonds. The first-order valence-electron chi connectivity index (χ1n) is 13.9. The van der Waals surface area contributed by atoms with Crippen LogP contribution in [-0.4, -0.2) is 71.9 Å². The summed E-state index contributed by atoms with van der Waals surface area (Å²) in [5.41, 5.74) is 3.43. The molecule has 2 fully saturated rings. The van der Waals surface area contributed by atoms with Gasteiger partial charge in [-0.1, -0.05) is 24.3 Å². The molecule has 38 heavy (non-hydrogen) atoms. The second kappa shape index (κ2) is 10.8. The predicted octanol–water partition coefficient (Wildman–Crippen LogP) is 3.77. The number of ether oxygens (including phenoxy) is 1. The molecular weight excluding hydrogens is 476 g/mol. The molecule has 0 saturated carbocycles. The maximum atomic E-state index is 10.5. The van der Waals surface area contributed by atoms with Crippen LogP contribution in [0.15, 0.2) is 36.4 Å². The van der Waals surface area contributed by atoms with Crippen LogP contribution in [0.5, 0.6) is 11.8 Å². The van der Waals surface area contributed by atoms with E-state index >= 15 is 0 Å². The van der Waals surface area contributed by atoms with Gasteiger partial charge < -0.3 is 25.0 Å². The normalized spacial score (nSPS) is 23.8. The van der Waals surface area contributed by atoms with Crippen molar-refractivity contribution in [3.8, 4) is 17.8 Å². The molecule has 2 unspecified atom stereocenters. The Balaban J connectivity index is 1.33. The highest BCUT2D eigenvalue weighted by Crippen LogP contribution is 2.40. The van der Waals surface area contributed by atoms with Crippen LogP contribution in [0.3, 0.4) is 0 Å². The molecular formula is C30H36N6O2. The number of aromatic hydroxyl groups is 1. The molecule has 198 valence electrons. The topological polar surface area (TPSA) is 97.5 Å². The minimum absolute atomic E-state index is 0.130. The number of hydrogen-bond donors (Lipinski definition) is 2. The van der Waals surface area contributed by atoms with Gasteiger partial charge in [0.2, 0.25) is 0 Å². The van der Waals surface area contributed by atoms with Gasteiger partial charge in [0.1, 0.15) is 18.2 Å². The molecule has 2 aliphatic heterocycles. The van der Waals surface area contributed by atoms with Crippen LogP contribution in [-0.2, 0) is 12.8 Å². The summed E-state index contributed by atoms with van der Waals surface area (Å²) in [6, 6.07) is 15.3. The Bertz CT molecular complexity index is 1350. The lowest BCUT2D eigenvalue weighted by Gasteiger charge is -2.36. The van der Waals surface area contributed by atoms with Crippen molar-refractivity contribution in [2.75, 3.05) is 44.7 Å². The Kier molecular flexibility index (Phi) is 7.05. The van der Waals surface area contributed by atoms with E-state index in [0.717, 1.165) is 68.8 Å². The molecule has 8 nitrogen and oxygen atoms in total. The molecule has 8 heteroatoms. The standard InChI is InChI=1S/C30H36N6O2/c1-35-13-4-6-23(35)19-38-30-33-28-16-21(27-17-24(37)15-20-5-2-3-7-25(20)27)8-9-26(28)29(34-30)36-14-12-32-22(18-36)10-11-31/h2-3,5,7,15,17,21-23,32,37H,4,6,8-10,12-14,16,18-19H2,1H3/t21?,22?,23-/m0/s1. The summed E-state index contributed by atoms with van der Waals surface area (Å²) in [5, 5.41) is 25.5. The maximum Gasteiger partial charge on any atom is 0.318 e. The first-order valence-corrected chi connectivity index (χ1v) is 13.9. The second-order valence-corrected chi connectivity index (χ2v) is 11.0. The van der Waals surface area contributed by atoms with Crippen molar-refractivity contribution in [2.24, 2.45) is 0 Å². The fraction of sp³-hybridized carbons (Fsp3) is 0.500. The van der Waals surface area contributed by atoms with Crippen LogP contribution in [0.25, 0.3) is 10.8 Å². The number of rotatable bonds is 6. The number of aromatic nitrogens is 2. The molecule has 1 aliphatic carbocycles.